The van der Waals surface area contributed by atoms with E-state index in [4.69, 9.17) is 5.73 Å². The Bertz CT molecular complexity index is 861. The predicted octanol–water partition coefficient (Wildman–Crippen LogP) is 3.60. The second kappa shape index (κ2) is 10.8. The lowest BCUT2D eigenvalue weighted by Crippen LogP contribution is -2.26. The van der Waals surface area contributed by atoms with Gasteiger partial charge >= 0.3 is 0 Å². The topological polar surface area (TPSA) is 67.1 Å². The lowest BCUT2D eigenvalue weighted by Gasteiger charge is -2.12. The molecule has 2 aromatic heterocycles. The number of rotatable bonds is 5. The van der Waals surface area contributed by atoms with Gasteiger partial charge in [-0.1, -0.05) is 27.7 Å². The summed E-state index contributed by atoms with van der Waals surface area (Å²) in [4.78, 5) is 18.0. The van der Waals surface area contributed by atoms with Crippen molar-refractivity contribution in [1.29, 1.82) is 0 Å². The smallest absolute Gasteiger partial charge is 0.258 e. The van der Waals surface area contributed by atoms with Crippen molar-refractivity contribution in [2.24, 2.45) is 5.73 Å². The normalized spacial score (nSPS) is 10.5. The van der Waals surface area contributed by atoms with Crippen LogP contribution in [0, 0.1) is 0 Å². The molecule has 0 radical (unpaired) electrons. The summed E-state index contributed by atoms with van der Waals surface area (Å²) in [6.07, 6.45) is 4.70. The Kier molecular flexibility index (Phi) is 9.10. The molecule has 0 aliphatic carbocycles. The van der Waals surface area contributed by atoms with Gasteiger partial charge in [0.2, 0.25) is 0 Å². The van der Waals surface area contributed by atoms with Gasteiger partial charge in [-0.3, -0.25) is 4.79 Å². The highest BCUT2D eigenvalue weighted by Gasteiger charge is 2.10. The second-order valence-corrected chi connectivity index (χ2v) is 5.92. The van der Waals surface area contributed by atoms with Crippen molar-refractivity contribution < 1.29 is 0 Å². The van der Waals surface area contributed by atoms with E-state index in [0.717, 1.165) is 34.6 Å². The number of hydrogen-bond donors (Lipinski definition) is 2. The summed E-state index contributed by atoms with van der Waals surface area (Å²) < 4.78 is 1.78. The Morgan fingerprint density at radius 1 is 1.08 bits per heavy atom. The van der Waals surface area contributed by atoms with Gasteiger partial charge in [0.15, 0.2) is 0 Å². The van der Waals surface area contributed by atoms with Gasteiger partial charge in [0.05, 0.1) is 0 Å². The molecule has 144 valence electrons. The van der Waals surface area contributed by atoms with Crippen LogP contribution >= 0.6 is 0 Å². The first-order valence-corrected chi connectivity index (χ1v) is 9.58. The Labute approximate surface area is 156 Å². The van der Waals surface area contributed by atoms with E-state index >= 15 is 0 Å². The fourth-order valence-electron chi connectivity index (χ4n) is 2.91. The second-order valence-electron chi connectivity index (χ2n) is 5.92. The highest BCUT2D eigenvalue weighted by atomic mass is 16.1. The highest BCUT2D eigenvalue weighted by molar-refractivity contribution is 6.07. The van der Waals surface area contributed by atoms with Crippen LogP contribution in [0.5, 0.6) is 0 Å². The molecule has 0 saturated heterocycles. The number of hydrogen-bond acceptors (Lipinski definition) is 3. The number of aromatic nitrogens is 2. The van der Waals surface area contributed by atoms with Crippen molar-refractivity contribution in [3.05, 3.63) is 46.5 Å². The fourth-order valence-corrected chi connectivity index (χ4v) is 2.91. The molecule has 5 heteroatoms. The molecule has 0 bridgehead atoms. The van der Waals surface area contributed by atoms with Crippen LogP contribution in [0.4, 0.5) is 0 Å². The van der Waals surface area contributed by atoms with E-state index in [9.17, 15) is 4.79 Å². The van der Waals surface area contributed by atoms with Gasteiger partial charge in [-0.05, 0) is 56.2 Å². The maximum absolute atomic E-state index is 12.7. The number of H-pyrrole nitrogens is 1. The maximum Gasteiger partial charge on any atom is 0.258 e. The zero-order valence-electron chi connectivity index (χ0n) is 17.1. The number of fused-ring (bicyclic) bond motifs is 3. The molecule has 0 saturated carbocycles. The number of pyridine rings is 1. The molecule has 0 fully saturated rings. The standard InChI is InChI=1S/C17H22N4O.2C2H6/c1-20(2)9-10-21-8-6-13-14(17(21)22)3-4-15-16(13)12(5-7-18)11-19-15;2*1-2/h3-4,6,8,11,19H,5,7,9-10,18H2,1-2H3;2*1-2H3. The molecule has 0 aliphatic rings. The van der Waals surface area contributed by atoms with Crippen LogP contribution in [0.15, 0.2) is 35.4 Å². The van der Waals surface area contributed by atoms with E-state index in [1.807, 2.05) is 72.4 Å². The first-order valence-electron chi connectivity index (χ1n) is 9.58. The summed E-state index contributed by atoms with van der Waals surface area (Å²) in [6, 6.07) is 5.94. The van der Waals surface area contributed by atoms with Gasteiger partial charge in [-0.25, -0.2) is 0 Å². The van der Waals surface area contributed by atoms with Crippen molar-refractivity contribution in [3.63, 3.8) is 0 Å². The number of nitrogens with zero attached hydrogens (tertiary/aromatic N) is 2. The van der Waals surface area contributed by atoms with E-state index < -0.39 is 0 Å². The molecule has 0 spiro atoms. The molecule has 3 rings (SSSR count). The van der Waals surface area contributed by atoms with E-state index in [2.05, 4.69) is 9.88 Å². The lowest BCUT2D eigenvalue weighted by atomic mass is 10.0. The van der Waals surface area contributed by atoms with Gasteiger partial charge in [-0.15, -0.1) is 0 Å². The van der Waals surface area contributed by atoms with Crippen molar-refractivity contribution in [3.8, 4) is 0 Å². The molecule has 1 aromatic carbocycles. The van der Waals surface area contributed by atoms with Gasteiger partial charge < -0.3 is 20.2 Å². The number of likely N-dealkylation sites (N-methyl/N-ethyl adjacent to an activating group) is 1. The van der Waals surface area contributed by atoms with Gasteiger partial charge in [0.25, 0.3) is 5.56 Å². The monoisotopic (exact) mass is 358 g/mol. The minimum absolute atomic E-state index is 0.0705. The predicted molar refractivity (Wildman–Crippen MR) is 114 cm³/mol. The van der Waals surface area contributed by atoms with Crippen molar-refractivity contribution >= 4 is 21.7 Å². The highest BCUT2D eigenvalue weighted by Crippen LogP contribution is 2.26. The van der Waals surface area contributed by atoms with Crippen LogP contribution < -0.4 is 11.3 Å². The van der Waals surface area contributed by atoms with E-state index in [0.29, 0.717) is 13.1 Å². The molecule has 3 aromatic rings. The number of nitrogens with one attached hydrogen (secondary N) is 1. The summed E-state index contributed by atoms with van der Waals surface area (Å²) in [7, 11) is 4.02. The summed E-state index contributed by atoms with van der Waals surface area (Å²) in [6.45, 7) is 10.1. The average Bonchev–Trinajstić information content (AvgIpc) is 3.08. The fraction of sp³-hybridized carbons (Fsp3) is 0.476. The van der Waals surface area contributed by atoms with Crippen LogP contribution in [0.3, 0.4) is 0 Å². The molecular weight excluding hydrogens is 324 g/mol. The van der Waals surface area contributed by atoms with E-state index in [1.54, 1.807) is 4.57 Å². The number of benzene rings is 1. The van der Waals surface area contributed by atoms with Gasteiger partial charge in [-0.2, -0.15) is 0 Å². The van der Waals surface area contributed by atoms with Crippen LogP contribution in [0.25, 0.3) is 21.7 Å². The third kappa shape index (κ3) is 4.74. The van der Waals surface area contributed by atoms with E-state index in [1.165, 1.54) is 5.56 Å². The third-order valence-corrected chi connectivity index (χ3v) is 4.08. The van der Waals surface area contributed by atoms with Crippen molar-refractivity contribution in [2.75, 3.05) is 27.2 Å². The van der Waals surface area contributed by atoms with Crippen LogP contribution in [-0.4, -0.2) is 41.6 Å². The molecule has 2 heterocycles. The SMILES string of the molecule is CC.CC.CN(C)CCn1ccc2c(ccc3[nH]cc(CCN)c32)c1=O. The third-order valence-electron chi connectivity index (χ3n) is 4.08. The van der Waals surface area contributed by atoms with Crippen LogP contribution in [-0.2, 0) is 13.0 Å². The molecule has 3 N–H and O–H groups in total. The zero-order chi connectivity index (χ0) is 19.7. The lowest BCUT2D eigenvalue weighted by molar-refractivity contribution is 0.381. The quantitative estimate of drug-likeness (QED) is 0.732. The van der Waals surface area contributed by atoms with Crippen molar-refractivity contribution in [1.82, 2.24) is 14.5 Å². The van der Waals surface area contributed by atoms with Gasteiger partial charge in [0, 0.05) is 41.8 Å². The Balaban J connectivity index is 0.000000791. The molecular formula is C21H34N4O. The summed E-state index contributed by atoms with van der Waals surface area (Å²) in [5, 5.41) is 2.90. The molecule has 0 unspecified atom stereocenters. The molecule has 0 atom stereocenters. The first-order chi connectivity index (χ1) is 12.6. The maximum atomic E-state index is 12.7. The minimum Gasteiger partial charge on any atom is -0.361 e. The number of aromatic amines is 1. The summed E-state index contributed by atoms with van der Waals surface area (Å²) >= 11 is 0. The Morgan fingerprint density at radius 3 is 2.38 bits per heavy atom. The molecule has 0 aliphatic heterocycles. The summed E-state index contributed by atoms with van der Waals surface area (Å²) in [5.74, 6) is 0. The largest absolute Gasteiger partial charge is 0.361 e. The zero-order valence-corrected chi connectivity index (χ0v) is 17.1. The van der Waals surface area contributed by atoms with Crippen molar-refractivity contribution in [2.45, 2.75) is 40.7 Å². The minimum atomic E-state index is 0.0705. The van der Waals surface area contributed by atoms with E-state index in [-0.39, 0.29) is 5.56 Å². The molecule has 0 amide bonds. The van der Waals surface area contributed by atoms with Gasteiger partial charge in [0.1, 0.15) is 0 Å². The number of nitrogens with two attached hydrogens (primary N) is 1. The first kappa shape index (κ1) is 21.9. The average molecular weight is 359 g/mol. The molecule has 5 nitrogen and oxygen atoms in total. The van der Waals surface area contributed by atoms with Crippen LogP contribution in [0.1, 0.15) is 33.3 Å². The Hall–Kier alpha value is -2.11. The van der Waals surface area contributed by atoms with Crippen LogP contribution in [0.2, 0.25) is 0 Å². The summed E-state index contributed by atoms with van der Waals surface area (Å²) in [5.41, 5.74) is 7.99. The Morgan fingerprint density at radius 2 is 1.77 bits per heavy atom. The molecule has 26 heavy (non-hydrogen) atoms.